The molecule has 0 saturated heterocycles. The number of amidine groups is 3. The van der Waals surface area contributed by atoms with E-state index >= 15 is 0 Å². The predicted molar refractivity (Wildman–Crippen MR) is 210 cm³/mol. The molecule has 0 aromatic heterocycles. The summed E-state index contributed by atoms with van der Waals surface area (Å²) in [4.78, 5) is 23.4. The number of fused-ring (bicyclic) bond motifs is 3. The SMILES string of the molecule is C1=CC2N=C(c3cc(C4=NC5C=CC=CC5N4c4ccccc4)cc(C4=NC5C=CC=CC5N4c4ccccc4)c3)N(c3ccccc3)C2C=C1. The third-order valence-corrected chi connectivity index (χ3v) is 10.4. The van der Waals surface area contributed by atoms with Crippen molar-refractivity contribution in [2.24, 2.45) is 15.0 Å². The van der Waals surface area contributed by atoms with Crippen molar-refractivity contribution in [3.05, 3.63) is 199 Å². The number of allylic oxidation sites excluding steroid dienone is 6. The molecule has 6 unspecified atom stereocenters. The van der Waals surface area contributed by atoms with E-state index in [1.54, 1.807) is 0 Å². The number of hydrogen-bond acceptors (Lipinski definition) is 6. The first kappa shape index (κ1) is 29.6. The lowest BCUT2D eigenvalue weighted by Gasteiger charge is -2.31. The number of benzene rings is 4. The van der Waals surface area contributed by atoms with Crippen LogP contribution >= 0.6 is 0 Å². The monoisotopic (exact) mass is 660 g/mol. The van der Waals surface area contributed by atoms with E-state index in [4.69, 9.17) is 15.0 Å². The molecule has 4 aromatic carbocycles. The minimum Gasteiger partial charge on any atom is -0.317 e. The third kappa shape index (κ3) is 5.06. The molecule has 0 spiro atoms. The van der Waals surface area contributed by atoms with E-state index in [0.717, 1.165) is 51.3 Å². The maximum atomic E-state index is 5.43. The maximum absolute atomic E-state index is 5.43. The zero-order valence-electron chi connectivity index (χ0n) is 28.0. The number of rotatable bonds is 6. The summed E-state index contributed by atoms with van der Waals surface area (Å²) in [6.45, 7) is 0. The van der Waals surface area contributed by atoms with Crippen molar-refractivity contribution in [2.75, 3.05) is 14.7 Å². The van der Waals surface area contributed by atoms with Crippen LogP contribution in [0, 0.1) is 0 Å². The molecule has 0 N–H and O–H groups in total. The highest BCUT2D eigenvalue weighted by atomic mass is 15.3. The van der Waals surface area contributed by atoms with E-state index in [-0.39, 0.29) is 36.3 Å². The Balaban J connectivity index is 1.19. The van der Waals surface area contributed by atoms with Gasteiger partial charge in [-0.15, -0.1) is 0 Å². The van der Waals surface area contributed by atoms with Crippen LogP contribution in [0.25, 0.3) is 0 Å². The predicted octanol–water partition coefficient (Wildman–Crippen LogP) is 8.08. The van der Waals surface area contributed by atoms with Crippen LogP contribution < -0.4 is 14.7 Å². The smallest absolute Gasteiger partial charge is 0.136 e. The van der Waals surface area contributed by atoms with Crippen molar-refractivity contribution in [1.29, 1.82) is 0 Å². The Labute approximate surface area is 298 Å². The van der Waals surface area contributed by atoms with Gasteiger partial charge < -0.3 is 14.7 Å². The lowest BCUT2D eigenvalue weighted by molar-refractivity contribution is 0.739. The number of hydrogen-bond donors (Lipinski definition) is 0. The molecule has 0 fully saturated rings. The van der Waals surface area contributed by atoms with Crippen LogP contribution in [0.5, 0.6) is 0 Å². The summed E-state index contributed by atoms with van der Waals surface area (Å²) in [5.41, 5.74) is 6.46. The molecule has 6 aliphatic rings. The minimum absolute atomic E-state index is 0.0166. The summed E-state index contributed by atoms with van der Waals surface area (Å²) >= 11 is 0. The van der Waals surface area contributed by atoms with Gasteiger partial charge >= 0.3 is 0 Å². The minimum atomic E-state index is 0.0166. The van der Waals surface area contributed by atoms with Gasteiger partial charge in [0, 0.05) is 33.8 Å². The standard InChI is InChI=1S/C45H36N6/c1-4-16-34(17-5-1)49-40-25-13-10-22-37(40)46-43(49)31-28-32(44-47-38-23-11-14-26-41(38)50(44)35-18-6-2-7-19-35)30-33(29-31)45-48-39-24-12-15-27-42(39)51(45)36-20-8-3-9-21-36/h1-30,37-42H. The van der Waals surface area contributed by atoms with E-state index < -0.39 is 0 Å². The van der Waals surface area contributed by atoms with E-state index in [0.29, 0.717) is 0 Å². The summed E-state index contributed by atoms with van der Waals surface area (Å²) in [7, 11) is 0. The molecule has 3 aliphatic heterocycles. The first-order chi connectivity index (χ1) is 25.3. The summed E-state index contributed by atoms with van der Waals surface area (Å²) in [6, 6.07) is 39.1. The fourth-order valence-corrected chi connectivity index (χ4v) is 8.16. The Morgan fingerprint density at radius 3 is 0.902 bits per heavy atom. The molecule has 6 nitrogen and oxygen atoms in total. The van der Waals surface area contributed by atoms with Crippen LogP contribution in [0.4, 0.5) is 17.1 Å². The van der Waals surface area contributed by atoms with E-state index in [1.807, 2.05) is 0 Å². The Morgan fingerprint density at radius 1 is 0.333 bits per heavy atom. The van der Waals surface area contributed by atoms with Crippen LogP contribution in [-0.4, -0.2) is 53.8 Å². The number of aliphatic imine (C=N–C) groups is 3. The van der Waals surface area contributed by atoms with Crippen molar-refractivity contribution in [3.8, 4) is 0 Å². The molecule has 4 aromatic rings. The quantitative estimate of drug-likeness (QED) is 0.210. The summed E-state index contributed by atoms with van der Waals surface area (Å²) in [5.74, 6) is 2.83. The molecular formula is C45H36N6. The Hall–Kier alpha value is -6.27. The lowest BCUT2D eigenvalue weighted by Crippen LogP contribution is -2.41. The van der Waals surface area contributed by atoms with E-state index in [9.17, 15) is 0 Å². The van der Waals surface area contributed by atoms with Gasteiger partial charge in [-0.05, 0) is 54.6 Å². The van der Waals surface area contributed by atoms with E-state index in [2.05, 4.69) is 197 Å². The highest BCUT2D eigenvalue weighted by Crippen LogP contribution is 2.37. The molecule has 3 heterocycles. The van der Waals surface area contributed by atoms with Gasteiger partial charge in [0.25, 0.3) is 0 Å². The van der Waals surface area contributed by atoms with Crippen molar-refractivity contribution >= 4 is 34.6 Å². The third-order valence-electron chi connectivity index (χ3n) is 10.4. The van der Waals surface area contributed by atoms with Crippen molar-refractivity contribution in [1.82, 2.24) is 0 Å². The highest BCUT2D eigenvalue weighted by molar-refractivity contribution is 6.20. The topological polar surface area (TPSA) is 46.8 Å². The van der Waals surface area contributed by atoms with Gasteiger partial charge in [-0.2, -0.15) is 0 Å². The molecule has 6 heteroatoms. The molecule has 6 atom stereocenters. The Kier molecular flexibility index (Phi) is 7.12. The fourth-order valence-electron chi connectivity index (χ4n) is 8.16. The van der Waals surface area contributed by atoms with Crippen molar-refractivity contribution in [3.63, 3.8) is 0 Å². The van der Waals surface area contributed by atoms with Gasteiger partial charge in [0.1, 0.15) is 17.5 Å². The van der Waals surface area contributed by atoms with Gasteiger partial charge in [0.2, 0.25) is 0 Å². The first-order valence-corrected chi connectivity index (χ1v) is 17.8. The normalized spacial score (nSPS) is 26.6. The molecule has 0 radical (unpaired) electrons. The number of nitrogens with zero attached hydrogens (tertiary/aromatic N) is 6. The Bertz CT molecular complexity index is 1990. The van der Waals surface area contributed by atoms with Crippen LogP contribution in [-0.2, 0) is 0 Å². The molecule has 0 saturated carbocycles. The number of para-hydroxylation sites is 3. The summed E-state index contributed by atoms with van der Waals surface area (Å²) in [6.07, 6.45) is 26.2. The molecule has 0 amide bonds. The summed E-state index contributed by atoms with van der Waals surface area (Å²) < 4.78 is 0. The second-order valence-corrected chi connectivity index (χ2v) is 13.5. The van der Waals surface area contributed by atoms with E-state index in [1.165, 1.54) is 0 Å². The van der Waals surface area contributed by atoms with Crippen molar-refractivity contribution < 1.29 is 0 Å². The average Bonchev–Trinajstić information content (AvgIpc) is 3.91. The van der Waals surface area contributed by atoms with Crippen LogP contribution in [0.15, 0.2) is 197 Å². The van der Waals surface area contributed by atoms with Gasteiger partial charge in [0.15, 0.2) is 0 Å². The highest BCUT2D eigenvalue weighted by Gasteiger charge is 2.40. The maximum Gasteiger partial charge on any atom is 0.136 e. The molecule has 10 rings (SSSR count). The van der Waals surface area contributed by atoms with Gasteiger partial charge in [-0.3, -0.25) is 15.0 Å². The molecule has 3 aliphatic carbocycles. The largest absolute Gasteiger partial charge is 0.317 e. The van der Waals surface area contributed by atoms with Gasteiger partial charge in [0.05, 0.1) is 36.3 Å². The Morgan fingerprint density at radius 2 is 0.608 bits per heavy atom. The number of anilines is 3. The van der Waals surface area contributed by atoms with Gasteiger partial charge in [-0.1, -0.05) is 128 Å². The van der Waals surface area contributed by atoms with Crippen LogP contribution in [0.1, 0.15) is 16.7 Å². The molecule has 51 heavy (non-hydrogen) atoms. The lowest BCUT2D eigenvalue weighted by atomic mass is 9.99. The average molecular weight is 661 g/mol. The van der Waals surface area contributed by atoms with Gasteiger partial charge in [-0.25, -0.2) is 0 Å². The zero-order chi connectivity index (χ0) is 33.7. The van der Waals surface area contributed by atoms with Crippen LogP contribution in [0.3, 0.4) is 0 Å². The molecular weight excluding hydrogens is 625 g/mol. The first-order valence-electron chi connectivity index (χ1n) is 17.8. The van der Waals surface area contributed by atoms with Crippen LogP contribution in [0.2, 0.25) is 0 Å². The second kappa shape index (κ2) is 12.3. The fraction of sp³-hybridized carbons (Fsp3) is 0.133. The van der Waals surface area contributed by atoms with Crippen molar-refractivity contribution in [2.45, 2.75) is 36.3 Å². The summed E-state index contributed by atoms with van der Waals surface area (Å²) in [5, 5.41) is 0. The molecule has 0 bridgehead atoms. The zero-order valence-corrected chi connectivity index (χ0v) is 28.0. The molecule has 246 valence electrons. The second-order valence-electron chi connectivity index (χ2n) is 13.5.